The molecule has 0 aliphatic heterocycles. The van der Waals surface area contributed by atoms with Gasteiger partial charge in [0.2, 0.25) is 0 Å². The van der Waals surface area contributed by atoms with E-state index in [0.29, 0.717) is 35.9 Å². The van der Waals surface area contributed by atoms with Crippen molar-refractivity contribution in [3.63, 3.8) is 0 Å². The Balaban J connectivity index is 1.83. The van der Waals surface area contributed by atoms with Gasteiger partial charge >= 0.3 is 0 Å². The van der Waals surface area contributed by atoms with Crippen molar-refractivity contribution in [2.24, 2.45) is 7.05 Å². The summed E-state index contributed by atoms with van der Waals surface area (Å²) in [6.45, 7) is 3.07. The van der Waals surface area contributed by atoms with E-state index in [2.05, 4.69) is 27.8 Å². The topological polar surface area (TPSA) is 69.0 Å². The first-order valence-corrected chi connectivity index (χ1v) is 9.41. The molecule has 2 aromatic carbocycles. The van der Waals surface area contributed by atoms with Crippen LogP contribution in [0.2, 0.25) is 5.02 Å². The van der Waals surface area contributed by atoms with Crippen LogP contribution < -0.4 is 10.1 Å². The Morgan fingerprint density at radius 3 is 2.64 bits per heavy atom. The minimum absolute atomic E-state index is 0.444. The Morgan fingerprint density at radius 1 is 1.29 bits per heavy atom. The number of halogens is 1. The average molecular weight is 399 g/mol. The number of aldehydes is 1. The van der Waals surface area contributed by atoms with Crippen molar-refractivity contribution < 1.29 is 9.53 Å². The lowest BCUT2D eigenvalue weighted by molar-refractivity contribution is 0.111. The molecular weight excluding hydrogens is 376 g/mol. The molecule has 3 aromatic rings. The van der Waals surface area contributed by atoms with E-state index in [4.69, 9.17) is 16.3 Å². The zero-order valence-electron chi connectivity index (χ0n) is 16.2. The minimum atomic E-state index is 0.444. The van der Waals surface area contributed by atoms with Gasteiger partial charge in [0, 0.05) is 19.2 Å². The average Bonchev–Trinajstić information content (AvgIpc) is 3.14. The molecule has 1 aromatic heterocycles. The van der Waals surface area contributed by atoms with Gasteiger partial charge in [0.1, 0.15) is 18.1 Å². The molecule has 7 heteroatoms. The number of rotatable bonds is 8. The molecule has 0 bridgehead atoms. The number of hydrogen-bond acceptors (Lipinski definition) is 5. The summed E-state index contributed by atoms with van der Waals surface area (Å²) in [6.07, 6.45) is 3.34. The van der Waals surface area contributed by atoms with Gasteiger partial charge in [-0.1, -0.05) is 41.1 Å². The van der Waals surface area contributed by atoms with Gasteiger partial charge in [-0.3, -0.25) is 9.48 Å². The van der Waals surface area contributed by atoms with Crippen LogP contribution in [0.1, 0.15) is 27.0 Å². The van der Waals surface area contributed by atoms with Gasteiger partial charge in [0.25, 0.3) is 0 Å². The van der Waals surface area contributed by atoms with Crippen LogP contribution in [0.25, 0.3) is 11.3 Å². The molecule has 6 nitrogen and oxygen atoms in total. The molecule has 0 aliphatic carbocycles. The van der Waals surface area contributed by atoms with E-state index in [1.807, 2.05) is 45.4 Å². The van der Waals surface area contributed by atoms with Gasteiger partial charge in [-0.05, 0) is 43.1 Å². The van der Waals surface area contributed by atoms with E-state index in [0.717, 1.165) is 34.2 Å². The molecule has 3 rings (SSSR count). The molecule has 0 atom stereocenters. The third-order valence-corrected chi connectivity index (χ3v) is 5.03. The lowest BCUT2D eigenvalue weighted by atomic mass is 9.97. The zero-order chi connectivity index (χ0) is 20.1. The largest absolute Gasteiger partial charge is 0.490 e. The van der Waals surface area contributed by atoms with Crippen LogP contribution in [0, 0.1) is 6.92 Å². The Morgan fingerprint density at radius 2 is 2.04 bits per heavy atom. The maximum atomic E-state index is 11.6. The van der Waals surface area contributed by atoms with Crippen LogP contribution >= 0.6 is 11.6 Å². The molecule has 0 fully saturated rings. The van der Waals surface area contributed by atoms with Gasteiger partial charge in [0.15, 0.2) is 6.29 Å². The first-order chi connectivity index (χ1) is 13.5. The summed E-state index contributed by atoms with van der Waals surface area (Å²) in [6, 6.07) is 10.0. The standard InChI is InChI=1S/C21H23ClN4O2/c1-14-17(11-18(13-27)21(20(14)22)28-9-8-23-2)10-15-4-6-16(7-5-15)19-12-26(3)25-24-19/h4-7,11-13,23H,8-10H2,1-3H3. The lowest BCUT2D eigenvalue weighted by Gasteiger charge is -2.16. The maximum absolute atomic E-state index is 11.6. The van der Waals surface area contributed by atoms with Crippen LogP contribution in [0.3, 0.4) is 0 Å². The number of aryl methyl sites for hydroxylation is 1. The Bertz CT molecular complexity index is 967. The van der Waals surface area contributed by atoms with E-state index in [1.54, 1.807) is 4.68 Å². The molecule has 0 radical (unpaired) electrons. The first kappa shape index (κ1) is 20.0. The van der Waals surface area contributed by atoms with Crippen LogP contribution in [0.5, 0.6) is 5.75 Å². The summed E-state index contributed by atoms with van der Waals surface area (Å²) in [7, 11) is 3.68. The van der Waals surface area contributed by atoms with Crippen LogP contribution in [-0.2, 0) is 13.5 Å². The van der Waals surface area contributed by atoms with E-state index < -0.39 is 0 Å². The summed E-state index contributed by atoms with van der Waals surface area (Å²) < 4.78 is 7.39. The van der Waals surface area contributed by atoms with Gasteiger partial charge in [-0.25, -0.2) is 0 Å². The second-order valence-electron chi connectivity index (χ2n) is 6.61. The number of benzene rings is 2. The van der Waals surface area contributed by atoms with E-state index in [9.17, 15) is 4.79 Å². The van der Waals surface area contributed by atoms with Crippen molar-refractivity contribution in [2.45, 2.75) is 13.3 Å². The molecule has 0 aliphatic rings. The van der Waals surface area contributed by atoms with Gasteiger partial charge in [0.05, 0.1) is 16.8 Å². The predicted octanol–water partition coefficient (Wildman–Crippen LogP) is 3.45. The number of aromatic nitrogens is 3. The summed E-state index contributed by atoms with van der Waals surface area (Å²) >= 11 is 6.51. The van der Waals surface area contributed by atoms with E-state index in [1.165, 1.54) is 0 Å². The normalized spacial score (nSPS) is 10.9. The highest BCUT2D eigenvalue weighted by Crippen LogP contribution is 2.34. The summed E-state index contributed by atoms with van der Waals surface area (Å²) in [5, 5.41) is 11.6. The number of ether oxygens (including phenoxy) is 1. The number of hydrogen-bond donors (Lipinski definition) is 1. The number of carbonyl (C=O) groups excluding carboxylic acids is 1. The van der Waals surface area contributed by atoms with Crippen molar-refractivity contribution in [2.75, 3.05) is 20.2 Å². The Hall–Kier alpha value is -2.70. The quantitative estimate of drug-likeness (QED) is 0.465. The minimum Gasteiger partial charge on any atom is -0.490 e. The monoisotopic (exact) mass is 398 g/mol. The third-order valence-electron chi connectivity index (χ3n) is 4.57. The van der Waals surface area contributed by atoms with Crippen molar-refractivity contribution in [1.82, 2.24) is 20.3 Å². The Labute approximate surface area is 169 Å². The Kier molecular flexibility index (Phi) is 6.44. The van der Waals surface area contributed by atoms with Crippen molar-refractivity contribution in [3.8, 4) is 17.0 Å². The zero-order valence-corrected chi connectivity index (χ0v) is 17.0. The molecule has 0 saturated carbocycles. The fourth-order valence-electron chi connectivity index (χ4n) is 2.97. The fraction of sp³-hybridized carbons (Fsp3) is 0.286. The van der Waals surface area contributed by atoms with Crippen molar-refractivity contribution in [1.29, 1.82) is 0 Å². The lowest BCUT2D eigenvalue weighted by Crippen LogP contribution is -2.17. The molecule has 0 unspecified atom stereocenters. The molecule has 28 heavy (non-hydrogen) atoms. The maximum Gasteiger partial charge on any atom is 0.153 e. The molecule has 0 amide bonds. The summed E-state index contributed by atoms with van der Waals surface area (Å²) in [4.78, 5) is 11.6. The second-order valence-corrected chi connectivity index (χ2v) is 6.99. The van der Waals surface area contributed by atoms with Crippen molar-refractivity contribution >= 4 is 17.9 Å². The van der Waals surface area contributed by atoms with E-state index in [-0.39, 0.29) is 0 Å². The summed E-state index contributed by atoms with van der Waals surface area (Å²) in [5.74, 6) is 0.450. The molecule has 0 saturated heterocycles. The molecule has 146 valence electrons. The van der Waals surface area contributed by atoms with Gasteiger partial charge in [-0.2, -0.15) is 0 Å². The second kappa shape index (κ2) is 8.99. The van der Waals surface area contributed by atoms with Crippen LogP contribution in [0.4, 0.5) is 0 Å². The van der Waals surface area contributed by atoms with Crippen molar-refractivity contribution in [3.05, 3.63) is 63.8 Å². The predicted molar refractivity (Wildman–Crippen MR) is 110 cm³/mol. The molecule has 1 N–H and O–H groups in total. The SMILES string of the molecule is CNCCOc1c(C=O)cc(Cc2ccc(-c3cn(C)nn3)cc2)c(C)c1Cl. The number of nitrogens with zero attached hydrogens (tertiary/aromatic N) is 3. The van der Waals surface area contributed by atoms with E-state index >= 15 is 0 Å². The smallest absolute Gasteiger partial charge is 0.153 e. The van der Waals surface area contributed by atoms with Gasteiger partial charge in [-0.15, -0.1) is 5.10 Å². The molecular formula is C21H23ClN4O2. The molecule has 1 heterocycles. The fourth-order valence-corrected chi connectivity index (χ4v) is 3.25. The van der Waals surface area contributed by atoms with Crippen LogP contribution in [-0.4, -0.2) is 41.5 Å². The molecule has 0 spiro atoms. The highest BCUT2D eigenvalue weighted by molar-refractivity contribution is 6.33. The number of likely N-dealkylation sites (N-methyl/N-ethyl adjacent to an activating group) is 1. The number of nitrogens with one attached hydrogen (secondary N) is 1. The summed E-state index contributed by atoms with van der Waals surface area (Å²) in [5.41, 5.74) is 5.35. The number of carbonyl (C=O) groups is 1. The third kappa shape index (κ3) is 4.40. The highest BCUT2D eigenvalue weighted by Gasteiger charge is 2.16. The van der Waals surface area contributed by atoms with Gasteiger partial charge < -0.3 is 10.1 Å². The van der Waals surface area contributed by atoms with Crippen LogP contribution in [0.15, 0.2) is 36.5 Å². The highest BCUT2D eigenvalue weighted by atomic mass is 35.5. The first-order valence-electron chi connectivity index (χ1n) is 9.03.